The summed E-state index contributed by atoms with van der Waals surface area (Å²) in [6, 6.07) is 18.4. The van der Waals surface area contributed by atoms with Crippen LogP contribution in [-0.2, 0) is 29.1 Å². The minimum Gasteiger partial charge on any atom is -0.351 e. The molecule has 0 spiro atoms. The smallest absolute Gasteiger partial charge is 0.234 e. The molecule has 2 aromatic carbocycles. The molecule has 0 atom stereocenters. The number of carbonyl (C=O) groups excluding carboxylic acids is 2. The molecular formula is C28H35N5O2. The van der Waals surface area contributed by atoms with Crippen LogP contribution in [0.4, 0.5) is 0 Å². The monoisotopic (exact) mass is 473 g/mol. The van der Waals surface area contributed by atoms with Gasteiger partial charge >= 0.3 is 0 Å². The molecule has 0 saturated carbocycles. The van der Waals surface area contributed by atoms with Crippen molar-refractivity contribution in [3.63, 3.8) is 0 Å². The molecule has 2 heterocycles. The Morgan fingerprint density at radius 3 is 2.26 bits per heavy atom. The zero-order valence-corrected chi connectivity index (χ0v) is 21.0. The molecule has 1 saturated heterocycles. The van der Waals surface area contributed by atoms with Crippen LogP contribution in [0.1, 0.15) is 33.6 Å². The van der Waals surface area contributed by atoms with E-state index in [1.54, 1.807) is 0 Å². The molecule has 4 rings (SSSR count). The van der Waals surface area contributed by atoms with Gasteiger partial charge in [-0.15, -0.1) is 0 Å². The van der Waals surface area contributed by atoms with E-state index >= 15 is 0 Å². The third-order valence-corrected chi connectivity index (χ3v) is 6.74. The maximum absolute atomic E-state index is 12.6. The fraction of sp³-hybridized carbons (Fsp3) is 0.393. The van der Waals surface area contributed by atoms with Crippen molar-refractivity contribution in [3.05, 3.63) is 88.2 Å². The quantitative estimate of drug-likeness (QED) is 0.546. The van der Waals surface area contributed by atoms with E-state index in [0.29, 0.717) is 52.2 Å². The summed E-state index contributed by atoms with van der Waals surface area (Å²) >= 11 is 0. The van der Waals surface area contributed by atoms with E-state index in [0.717, 1.165) is 22.5 Å². The lowest BCUT2D eigenvalue weighted by Crippen LogP contribution is -2.51. The summed E-state index contributed by atoms with van der Waals surface area (Å²) < 4.78 is 2.00. The number of benzene rings is 2. The number of carbonyl (C=O) groups is 2. The van der Waals surface area contributed by atoms with Crippen LogP contribution in [0.5, 0.6) is 0 Å². The summed E-state index contributed by atoms with van der Waals surface area (Å²) in [6.45, 7) is 10.3. The average Bonchev–Trinajstić information content (AvgIpc) is 3.12. The van der Waals surface area contributed by atoms with Crippen LogP contribution in [0.2, 0.25) is 0 Å². The fourth-order valence-electron chi connectivity index (χ4n) is 4.49. The molecule has 2 amide bonds. The van der Waals surface area contributed by atoms with Crippen molar-refractivity contribution in [2.24, 2.45) is 0 Å². The molecule has 0 bridgehead atoms. The van der Waals surface area contributed by atoms with Crippen molar-refractivity contribution in [1.29, 1.82) is 0 Å². The lowest BCUT2D eigenvalue weighted by molar-refractivity contribution is -0.132. The van der Waals surface area contributed by atoms with Crippen molar-refractivity contribution in [1.82, 2.24) is 24.9 Å². The highest BCUT2D eigenvalue weighted by Crippen LogP contribution is 2.15. The van der Waals surface area contributed by atoms with E-state index in [-0.39, 0.29) is 11.8 Å². The van der Waals surface area contributed by atoms with Gasteiger partial charge in [-0.3, -0.25) is 19.2 Å². The number of hydrogen-bond donors (Lipinski definition) is 1. The second-order valence-corrected chi connectivity index (χ2v) is 9.39. The molecule has 7 heteroatoms. The topological polar surface area (TPSA) is 70.5 Å². The molecule has 0 radical (unpaired) electrons. The number of aromatic nitrogens is 2. The molecule has 35 heavy (non-hydrogen) atoms. The zero-order valence-electron chi connectivity index (χ0n) is 21.0. The molecule has 1 aromatic heterocycles. The van der Waals surface area contributed by atoms with Gasteiger partial charge in [0.2, 0.25) is 11.8 Å². The third kappa shape index (κ3) is 6.57. The van der Waals surface area contributed by atoms with Crippen LogP contribution in [0, 0.1) is 20.8 Å². The van der Waals surface area contributed by atoms with Crippen LogP contribution >= 0.6 is 0 Å². The number of nitrogens with one attached hydrogen (secondary N) is 1. The Bertz CT molecular complexity index is 1150. The highest BCUT2D eigenvalue weighted by atomic mass is 16.2. The van der Waals surface area contributed by atoms with Crippen molar-refractivity contribution in [2.45, 2.75) is 40.3 Å². The largest absolute Gasteiger partial charge is 0.351 e. The minimum absolute atomic E-state index is 0.000888. The number of nitrogens with zero attached hydrogens (tertiary/aromatic N) is 4. The van der Waals surface area contributed by atoms with Gasteiger partial charge in [0, 0.05) is 44.0 Å². The number of piperazine rings is 1. The first-order chi connectivity index (χ1) is 16.9. The van der Waals surface area contributed by atoms with Gasteiger partial charge in [0.15, 0.2) is 0 Å². The Hall–Kier alpha value is -3.45. The van der Waals surface area contributed by atoms with E-state index in [4.69, 9.17) is 0 Å². The predicted octanol–water partition coefficient (Wildman–Crippen LogP) is 2.86. The third-order valence-electron chi connectivity index (χ3n) is 6.74. The summed E-state index contributed by atoms with van der Waals surface area (Å²) in [6.07, 6.45) is 0.428. The maximum Gasteiger partial charge on any atom is 0.234 e. The Kier molecular flexibility index (Phi) is 7.98. The maximum atomic E-state index is 12.6. The standard InChI is InChI=1S/C28H35N5O2/c1-21-9-11-24(12-10-21)17-28(35)32-15-13-31(14-16-32)20-27(34)29-18-26-22(2)30-33(23(26)3)19-25-7-5-4-6-8-25/h4-12H,13-20H2,1-3H3,(H,29,34). The average molecular weight is 474 g/mol. The van der Waals surface area contributed by atoms with Gasteiger partial charge in [0.05, 0.1) is 25.2 Å². The fourth-order valence-corrected chi connectivity index (χ4v) is 4.49. The summed E-state index contributed by atoms with van der Waals surface area (Å²) in [5, 5.41) is 7.74. The normalized spacial score (nSPS) is 14.2. The molecule has 0 unspecified atom stereocenters. The van der Waals surface area contributed by atoms with Crippen LogP contribution in [0.15, 0.2) is 54.6 Å². The minimum atomic E-state index is -0.000888. The second-order valence-electron chi connectivity index (χ2n) is 9.39. The van der Waals surface area contributed by atoms with E-state index in [2.05, 4.69) is 34.4 Å². The predicted molar refractivity (Wildman–Crippen MR) is 137 cm³/mol. The zero-order chi connectivity index (χ0) is 24.8. The first-order valence-electron chi connectivity index (χ1n) is 12.3. The van der Waals surface area contributed by atoms with Crippen LogP contribution in [0.25, 0.3) is 0 Å². The van der Waals surface area contributed by atoms with Gasteiger partial charge in [-0.2, -0.15) is 5.10 Å². The van der Waals surface area contributed by atoms with Crippen molar-refractivity contribution < 1.29 is 9.59 Å². The molecule has 7 nitrogen and oxygen atoms in total. The number of hydrogen-bond acceptors (Lipinski definition) is 4. The Morgan fingerprint density at radius 2 is 1.57 bits per heavy atom. The lowest BCUT2D eigenvalue weighted by Gasteiger charge is -2.34. The van der Waals surface area contributed by atoms with Crippen molar-refractivity contribution in [2.75, 3.05) is 32.7 Å². The summed E-state index contributed by atoms with van der Waals surface area (Å²) in [5.41, 5.74) is 6.53. The molecular weight excluding hydrogens is 438 g/mol. The number of aryl methyl sites for hydroxylation is 2. The molecule has 1 aliphatic heterocycles. The molecule has 0 aliphatic carbocycles. The van der Waals surface area contributed by atoms with Crippen LogP contribution in [0.3, 0.4) is 0 Å². The second kappa shape index (κ2) is 11.3. The molecule has 1 aliphatic rings. The Labute approximate surface area is 207 Å². The van der Waals surface area contributed by atoms with E-state index in [1.165, 1.54) is 11.1 Å². The number of amides is 2. The van der Waals surface area contributed by atoms with Crippen LogP contribution in [-0.4, -0.2) is 64.1 Å². The molecule has 1 N–H and O–H groups in total. The summed E-state index contributed by atoms with van der Waals surface area (Å²) in [4.78, 5) is 29.3. The Balaban J connectivity index is 1.22. The SMILES string of the molecule is Cc1ccc(CC(=O)N2CCN(CC(=O)NCc3c(C)nn(Cc4ccccc4)c3C)CC2)cc1. The molecule has 3 aromatic rings. The van der Waals surface area contributed by atoms with Gasteiger partial charge in [-0.25, -0.2) is 0 Å². The van der Waals surface area contributed by atoms with E-state index < -0.39 is 0 Å². The molecule has 1 fully saturated rings. The first kappa shape index (κ1) is 24.7. The number of rotatable bonds is 8. The first-order valence-corrected chi connectivity index (χ1v) is 12.3. The van der Waals surface area contributed by atoms with Crippen molar-refractivity contribution >= 4 is 11.8 Å². The highest BCUT2D eigenvalue weighted by Gasteiger charge is 2.23. The summed E-state index contributed by atoms with van der Waals surface area (Å²) in [5.74, 6) is 0.149. The van der Waals surface area contributed by atoms with E-state index in [9.17, 15) is 9.59 Å². The van der Waals surface area contributed by atoms with Crippen molar-refractivity contribution in [3.8, 4) is 0 Å². The van der Waals surface area contributed by atoms with Crippen LogP contribution < -0.4 is 5.32 Å². The van der Waals surface area contributed by atoms with Gasteiger partial charge in [0.1, 0.15) is 0 Å². The van der Waals surface area contributed by atoms with E-state index in [1.807, 2.05) is 65.9 Å². The van der Waals surface area contributed by atoms with Gasteiger partial charge in [0.25, 0.3) is 0 Å². The molecule has 184 valence electrons. The summed E-state index contributed by atoms with van der Waals surface area (Å²) in [7, 11) is 0. The highest BCUT2D eigenvalue weighted by molar-refractivity contribution is 5.79. The van der Waals surface area contributed by atoms with Gasteiger partial charge < -0.3 is 10.2 Å². The lowest BCUT2D eigenvalue weighted by atomic mass is 10.1. The van der Waals surface area contributed by atoms with Gasteiger partial charge in [-0.05, 0) is 31.9 Å². The Morgan fingerprint density at radius 1 is 0.886 bits per heavy atom. The van der Waals surface area contributed by atoms with Gasteiger partial charge in [-0.1, -0.05) is 60.2 Å².